The molecule has 1 saturated carbocycles. The van der Waals surface area contributed by atoms with E-state index in [4.69, 9.17) is 4.98 Å². The molecule has 0 N–H and O–H groups in total. The second-order valence-electron chi connectivity index (χ2n) is 8.66. The average Bonchev–Trinajstić information content (AvgIpc) is 2.99. The smallest absolute Gasteiger partial charge is 0.262 e. The molecule has 5 rings (SSSR count). The van der Waals surface area contributed by atoms with Gasteiger partial charge in [-0.25, -0.2) is 4.98 Å². The number of fused-ring (bicyclic) bond motifs is 2. The molecule has 4 unspecified atom stereocenters. The van der Waals surface area contributed by atoms with Gasteiger partial charge >= 0.3 is 0 Å². The lowest BCUT2D eigenvalue weighted by atomic mass is 9.64. The van der Waals surface area contributed by atoms with Crippen molar-refractivity contribution in [3.8, 4) is 0 Å². The molecular weight excluding hydrogens is 346 g/mol. The summed E-state index contributed by atoms with van der Waals surface area (Å²) < 4.78 is 1.70. The fourth-order valence-electron chi connectivity index (χ4n) is 5.37. The van der Waals surface area contributed by atoms with Crippen LogP contribution < -0.4 is 5.56 Å². The molecule has 4 nitrogen and oxygen atoms in total. The van der Waals surface area contributed by atoms with Crippen LogP contribution in [0.5, 0.6) is 0 Å². The second-order valence-corrected chi connectivity index (χ2v) is 8.66. The van der Waals surface area contributed by atoms with E-state index in [0.717, 1.165) is 41.5 Å². The van der Waals surface area contributed by atoms with Gasteiger partial charge in [0.1, 0.15) is 5.65 Å². The quantitative estimate of drug-likeness (QED) is 0.693. The molecule has 1 aliphatic heterocycles. The monoisotopic (exact) mass is 373 g/mol. The standard InChI is InChI=1S/C24H27N3O/c1-15-9-10-27-22(11-15)25-16(2)23(24(27)28)17(3)26-13-19-12-20(21(19)14-26)18-7-5-4-6-8-18/h4-11,17,19-21H,12-14H2,1-3H3. The van der Waals surface area contributed by atoms with Gasteiger partial charge in [0.25, 0.3) is 5.56 Å². The molecule has 1 aromatic carbocycles. The van der Waals surface area contributed by atoms with Crippen LogP contribution in [-0.2, 0) is 0 Å². The van der Waals surface area contributed by atoms with Crippen molar-refractivity contribution in [2.75, 3.05) is 13.1 Å². The highest BCUT2D eigenvalue weighted by Crippen LogP contribution is 2.52. The van der Waals surface area contributed by atoms with Crippen LogP contribution in [0.2, 0.25) is 0 Å². The summed E-state index contributed by atoms with van der Waals surface area (Å²) >= 11 is 0. The van der Waals surface area contributed by atoms with Crippen LogP contribution in [0.15, 0.2) is 53.5 Å². The van der Waals surface area contributed by atoms with Gasteiger partial charge in [0.2, 0.25) is 0 Å². The third kappa shape index (κ3) is 2.70. The second kappa shape index (κ2) is 6.56. The van der Waals surface area contributed by atoms with Crippen molar-refractivity contribution in [2.24, 2.45) is 11.8 Å². The summed E-state index contributed by atoms with van der Waals surface area (Å²) in [4.78, 5) is 20.5. The highest BCUT2D eigenvalue weighted by molar-refractivity contribution is 5.43. The van der Waals surface area contributed by atoms with E-state index in [2.05, 4.69) is 42.2 Å². The largest absolute Gasteiger partial charge is 0.296 e. The summed E-state index contributed by atoms with van der Waals surface area (Å²) in [5.74, 6) is 2.14. The first-order valence-electron chi connectivity index (χ1n) is 10.3. The molecule has 2 aromatic heterocycles. The van der Waals surface area contributed by atoms with Crippen LogP contribution in [-0.4, -0.2) is 27.4 Å². The molecule has 144 valence electrons. The molecule has 2 fully saturated rings. The van der Waals surface area contributed by atoms with Gasteiger partial charge in [0.15, 0.2) is 0 Å². The molecule has 0 amide bonds. The molecular formula is C24H27N3O. The zero-order valence-corrected chi connectivity index (χ0v) is 16.8. The number of pyridine rings is 1. The van der Waals surface area contributed by atoms with Crippen molar-refractivity contribution in [2.45, 2.75) is 39.2 Å². The maximum absolute atomic E-state index is 13.2. The van der Waals surface area contributed by atoms with Gasteiger partial charge in [-0.1, -0.05) is 30.3 Å². The van der Waals surface area contributed by atoms with E-state index < -0.39 is 0 Å². The summed E-state index contributed by atoms with van der Waals surface area (Å²) in [6, 6.07) is 14.9. The number of aromatic nitrogens is 2. The number of hydrogen-bond acceptors (Lipinski definition) is 3. The minimum atomic E-state index is 0.0776. The highest BCUT2D eigenvalue weighted by atomic mass is 16.1. The van der Waals surface area contributed by atoms with Crippen molar-refractivity contribution >= 4 is 5.65 Å². The SMILES string of the molecule is Cc1ccn2c(=O)c(C(C)N3CC4CC(c5ccccc5)C4C3)c(C)nc2c1. The number of likely N-dealkylation sites (tertiary alicyclic amines) is 1. The summed E-state index contributed by atoms with van der Waals surface area (Å²) in [5, 5.41) is 0. The van der Waals surface area contributed by atoms with E-state index in [-0.39, 0.29) is 11.6 Å². The first-order chi connectivity index (χ1) is 13.5. The van der Waals surface area contributed by atoms with Crippen LogP contribution >= 0.6 is 0 Å². The lowest BCUT2D eigenvalue weighted by Crippen LogP contribution is -2.33. The highest BCUT2D eigenvalue weighted by Gasteiger charge is 2.48. The number of nitrogens with zero attached hydrogens (tertiary/aromatic N) is 3. The Labute approximate surface area is 165 Å². The van der Waals surface area contributed by atoms with Crippen LogP contribution in [0.3, 0.4) is 0 Å². The van der Waals surface area contributed by atoms with E-state index in [1.54, 1.807) is 4.40 Å². The van der Waals surface area contributed by atoms with Crippen molar-refractivity contribution in [1.29, 1.82) is 0 Å². The molecule has 4 atom stereocenters. The average molecular weight is 374 g/mol. The number of rotatable bonds is 3. The number of hydrogen-bond donors (Lipinski definition) is 0. The minimum absolute atomic E-state index is 0.0776. The van der Waals surface area contributed by atoms with E-state index in [0.29, 0.717) is 11.8 Å². The third-order valence-electron chi connectivity index (χ3n) is 7.00. The van der Waals surface area contributed by atoms with Gasteiger partial charge in [-0.05, 0) is 68.2 Å². The van der Waals surface area contributed by atoms with E-state index in [1.165, 1.54) is 12.0 Å². The van der Waals surface area contributed by atoms with Crippen LogP contribution in [0.25, 0.3) is 5.65 Å². The van der Waals surface area contributed by atoms with Gasteiger partial charge in [-0.15, -0.1) is 0 Å². The van der Waals surface area contributed by atoms with E-state index in [9.17, 15) is 4.79 Å². The zero-order valence-electron chi connectivity index (χ0n) is 16.8. The normalized spacial score (nSPS) is 25.5. The maximum atomic E-state index is 13.2. The van der Waals surface area contributed by atoms with Gasteiger partial charge < -0.3 is 0 Å². The first kappa shape index (κ1) is 17.6. The molecule has 0 spiro atoms. The number of aryl methyl sites for hydroxylation is 2. The Morgan fingerprint density at radius 3 is 2.68 bits per heavy atom. The Morgan fingerprint density at radius 2 is 1.89 bits per heavy atom. The molecule has 0 bridgehead atoms. The Kier molecular flexibility index (Phi) is 4.13. The molecule has 1 aliphatic carbocycles. The van der Waals surface area contributed by atoms with Crippen LogP contribution in [0, 0.1) is 25.7 Å². The van der Waals surface area contributed by atoms with Gasteiger partial charge in [-0.2, -0.15) is 0 Å². The van der Waals surface area contributed by atoms with E-state index >= 15 is 0 Å². The third-order valence-corrected chi connectivity index (χ3v) is 7.00. The van der Waals surface area contributed by atoms with Gasteiger partial charge in [0.05, 0.1) is 11.3 Å². The molecule has 2 aliphatic rings. The molecule has 28 heavy (non-hydrogen) atoms. The van der Waals surface area contributed by atoms with Crippen LogP contribution in [0.1, 0.15) is 47.7 Å². The molecule has 3 heterocycles. The van der Waals surface area contributed by atoms with Crippen molar-refractivity contribution in [1.82, 2.24) is 14.3 Å². The maximum Gasteiger partial charge on any atom is 0.262 e. The Bertz CT molecular complexity index is 1090. The Morgan fingerprint density at radius 1 is 1.11 bits per heavy atom. The van der Waals surface area contributed by atoms with Crippen molar-refractivity contribution in [3.05, 3.63) is 81.4 Å². The predicted octanol–water partition coefficient (Wildman–Crippen LogP) is 4.11. The van der Waals surface area contributed by atoms with Gasteiger partial charge in [0, 0.05) is 25.3 Å². The van der Waals surface area contributed by atoms with Crippen molar-refractivity contribution in [3.63, 3.8) is 0 Å². The molecule has 4 heteroatoms. The fraction of sp³-hybridized carbons (Fsp3) is 0.417. The summed E-state index contributed by atoms with van der Waals surface area (Å²) in [6.45, 7) is 8.34. The summed E-state index contributed by atoms with van der Waals surface area (Å²) in [5.41, 5.74) is 5.12. The van der Waals surface area contributed by atoms with Gasteiger partial charge in [-0.3, -0.25) is 14.1 Å². The van der Waals surface area contributed by atoms with Crippen LogP contribution in [0.4, 0.5) is 0 Å². The number of benzene rings is 1. The molecule has 3 aromatic rings. The van der Waals surface area contributed by atoms with Crippen molar-refractivity contribution < 1.29 is 0 Å². The summed E-state index contributed by atoms with van der Waals surface area (Å²) in [7, 11) is 0. The zero-order chi connectivity index (χ0) is 19.4. The minimum Gasteiger partial charge on any atom is -0.296 e. The van der Waals surface area contributed by atoms with E-state index in [1.807, 2.05) is 32.2 Å². The topological polar surface area (TPSA) is 37.6 Å². The Hall–Kier alpha value is -2.46. The summed E-state index contributed by atoms with van der Waals surface area (Å²) in [6.07, 6.45) is 3.12. The fourth-order valence-corrected chi connectivity index (χ4v) is 5.37. The lowest BCUT2D eigenvalue weighted by molar-refractivity contribution is 0.191. The molecule has 1 saturated heterocycles. The molecule has 0 radical (unpaired) electrons. The Balaban J connectivity index is 1.43. The first-order valence-corrected chi connectivity index (χ1v) is 10.3. The predicted molar refractivity (Wildman–Crippen MR) is 112 cm³/mol. The lowest BCUT2D eigenvalue weighted by Gasteiger charge is -2.40.